The molecule has 5 rings (SSSR count). The Morgan fingerprint density at radius 1 is 1.35 bits per heavy atom. The summed E-state index contributed by atoms with van der Waals surface area (Å²) in [6, 6.07) is 2.50. The van der Waals surface area contributed by atoms with Gasteiger partial charge in [-0.05, 0) is 12.5 Å². The van der Waals surface area contributed by atoms with E-state index >= 15 is 0 Å². The number of carbonyl (C=O) groups is 1. The van der Waals surface area contributed by atoms with Gasteiger partial charge < -0.3 is 19.7 Å². The smallest absolute Gasteiger partial charge is 0.408 e. The number of nitrogens with zero attached hydrogens (tertiary/aromatic N) is 5. The predicted molar refractivity (Wildman–Crippen MR) is 114 cm³/mol. The van der Waals surface area contributed by atoms with Crippen LogP contribution in [0.25, 0.3) is 0 Å². The van der Waals surface area contributed by atoms with Gasteiger partial charge in [-0.25, -0.2) is 4.98 Å². The topological polar surface area (TPSA) is 102 Å². The van der Waals surface area contributed by atoms with Crippen LogP contribution in [0.15, 0.2) is 29.2 Å². The van der Waals surface area contributed by atoms with Crippen molar-refractivity contribution in [2.24, 2.45) is 0 Å². The standard InChI is InChI=1S/C21H23F3N6O4/c1-33-18-3-2-12(7-26-18)14(31)10-30-16(21(22,23)24)4-5-29-19(32)6-17(27-20(29)30)25-8-15-13-9-28(13)11-34-15/h2-3,6-7,13,15-16,25H,4-5,8-11H2,1H3/t13?,15-,16+,28?/m1/s1. The second-order valence-electron chi connectivity index (χ2n) is 8.47. The lowest BCUT2D eigenvalue weighted by Crippen LogP contribution is -2.54. The molecule has 2 fully saturated rings. The van der Waals surface area contributed by atoms with Gasteiger partial charge in [-0.1, -0.05) is 0 Å². The molecule has 1 N–H and O–H groups in total. The molecule has 10 nitrogen and oxygen atoms in total. The molecule has 2 aromatic heterocycles. The molecule has 182 valence electrons. The Kier molecular flexibility index (Phi) is 5.68. The highest BCUT2D eigenvalue weighted by Gasteiger charge is 2.48. The molecule has 0 aliphatic carbocycles. The number of nitrogens with one attached hydrogen (secondary N) is 1. The zero-order valence-electron chi connectivity index (χ0n) is 18.3. The summed E-state index contributed by atoms with van der Waals surface area (Å²) in [5, 5.41) is 3.01. The van der Waals surface area contributed by atoms with E-state index in [4.69, 9.17) is 9.47 Å². The van der Waals surface area contributed by atoms with E-state index in [1.54, 1.807) is 0 Å². The molecule has 34 heavy (non-hydrogen) atoms. The highest BCUT2D eigenvalue weighted by atomic mass is 19.4. The monoisotopic (exact) mass is 480 g/mol. The number of halogens is 3. The third-order valence-corrected chi connectivity index (χ3v) is 6.33. The van der Waals surface area contributed by atoms with Crippen molar-refractivity contribution in [2.75, 3.05) is 43.7 Å². The molecule has 0 saturated carbocycles. The molecule has 0 bridgehead atoms. The van der Waals surface area contributed by atoms with E-state index in [0.29, 0.717) is 19.3 Å². The summed E-state index contributed by atoms with van der Waals surface area (Å²) in [4.78, 5) is 36.8. The number of methoxy groups -OCH3 is 1. The van der Waals surface area contributed by atoms with Gasteiger partial charge in [-0.3, -0.25) is 19.1 Å². The van der Waals surface area contributed by atoms with Gasteiger partial charge >= 0.3 is 6.18 Å². The second kappa shape index (κ2) is 8.55. The van der Waals surface area contributed by atoms with Crippen LogP contribution in [0, 0.1) is 0 Å². The molecule has 0 radical (unpaired) electrons. The molecular weight excluding hydrogens is 457 g/mol. The molecule has 4 atom stereocenters. The Labute approximate surface area is 192 Å². The highest BCUT2D eigenvalue weighted by Crippen LogP contribution is 2.34. The zero-order chi connectivity index (χ0) is 24.0. The number of carbonyl (C=O) groups excluding carboxylic acids is 1. The number of hydrogen-bond acceptors (Lipinski definition) is 9. The van der Waals surface area contributed by atoms with Crippen molar-refractivity contribution in [3.63, 3.8) is 0 Å². The van der Waals surface area contributed by atoms with Crippen LogP contribution in [0.2, 0.25) is 0 Å². The maximum Gasteiger partial charge on any atom is 0.408 e. The lowest BCUT2D eigenvalue weighted by molar-refractivity contribution is -0.152. The number of rotatable bonds is 7. The highest BCUT2D eigenvalue weighted by molar-refractivity contribution is 5.99. The van der Waals surface area contributed by atoms with Crippen molar-refractivity contribution in [1.29, 1.82) is 0 Å². The van der Waals surface area contributed by atoms with Crippen LogP contribution in [-0.2, 0) is 11.3 Å². The summed E-state index contributed by atoms with van der Waals surface area (Å²) < 4.78 is 53.5. The lowest BCUT2D eigenvalue weighted by Gasteiger charge is -2.38. The third-order valence-electron chi connectivity index (χ3n) is 6.33. The molecular formula is C21H23F3N6O4. The largest absolute Gasteiger partial charge is 0.481 e. The summed E-state index contributed by atoms with van der Waals surface area (Å²) in [5.41, 5.74) is -0.361. The van der Waals surface area contributed by atoms with Crippen LogP contribution >= 0.6 is 0 Å². The number of Topliss-reactive ketones (excluding diaryl/α,β-unsaturated/α-hetero) is 1. The summed E-state index contributed by atoms with van der Waals surface area (Å²) in [6.45, 7) is 1.09. The Balaban J connectivity index is 1.42. The number of ether oxygens (including phenoxy) is 2. The number of aromatic nitrogens is 3. The van der Waals surface area contributed by atoms with E-state index in [1.807, 2.05) is 0 Å². The lowest BCUT2D eigenvalue weighted by atomic mass is 10.1. The number of pyridine rings is 1. The molecule has 0 amide bonds. The fourth-order valence-corrected chi connectivity index (χ4v) is 4.39. The Morgan fingerprint density at radius 3 is 2.79 bits per heavy atom. The van der Waals surface area contributed by atoms with Crippen molar-refractivity contribution >= 4 is 17.5 Å². The van der Waals surface area contributed by atoms with Crippen LogP contribution in [0.5, 0.6) is 5.88 Å². The van der Waals surface area contributed by atoms with E-state index < -0.39 is 30.1 Å². The SMILES string of the molecule is COc1ccc(C(=O)CN2c3nc(NC[C@H]4OCN5CC45)cc(=O)n3CC[C@H]2C(F)(F)F)cn1. The fraction of sp³-hybridized carbons (Fsp3) is 0.524. The van der Waals surface area contributed by atoms with E-state index in [0.717, 1.165) is 11.4 Å². The minimum absolute atomic E-state index is 0.0798. The number of ketones is 1. The minimum atomic E-state index is -4.61. The van der Waals surface area contributed by atoms with Crippen LogP contribution in [0.4, 0.5) is 24.9 Å². The first-order valence-corrected chi connectivity index (χ1v) is 10.8. The van der Waals surface area contributed by atoms with E-state index in [-0.39, 0.29) is 42.3 Å². The predicted octanol–water partition coefficient (Wildman–Crippen LogP) is 1.12. The number of fused-ring (bicyclic) bond motifs is 2. The van der Waals surface area contributed by atoms with Gasteiger partial charge in [0.25, 0.3) is 5.56 Å². The van der Waals surface area contributed by atoms with Gasteiger partial charge in [0.05, 0.1) is 32.5 Å². The van der Waals surface area contributed by atoms with E-state index in [9.17, 15) is 22.8 Å². The quantitative estimate of drug-likeness (QED) is 0.462. The van der Waals surface area contributed by atoms with Gasteiger partial charge in [0.15, 0.2) is 5.78 Å². The molecule has 2 saturated heterocycles. The van der Waals surface area contributed by atoms with Gasteiger partial charge in [-0.2, -0.15) is 18.2 Å². The van der Waals surface area contributed by atoms with Crippen LogP contribution in [0.1, 0.15) is 16.8 Å². The van der Waals surface area contributed by atoms with Crippen molar-refractivity contribution in [1.82, 2.24) is 19.4 Å². The van der Waals surface area contributed by atoms with Crippen molar-refractivity contribution < 1.29 is 27.4 Å². The Bertz CT molecular complexity index is 1140. The average molecular weight is 480 g/mol. The van der Waals surface area contributed by atoms with Crippen molar-refractivity contribution in [3.8, 4) is 5.88 Å². The van der Waals surface area contributed by atoms with E-state index in [2.05, 4.69) is 20.2 Å². The molecule has 3 aliphatic heterocycles. The van der Waals surface area contributed by atoms with Gasteiger partial charge in [0.2, 0.25) is 11.8 Å². The Hall–Kier alpha value is -3.19. The summed E-state index contributed by atoms with van der Waals surface area (Å²) in [6.07, 6.45) is -3.82. The Morgan fingerprint density at radius 2 is 2.18 bits per heavy atom. The number of alkyl halides is 3. The van der Waals surface area contributed by atoms with Crippen molar-refractivity contribution in [3.05, 3.63) is 40.3 Å². The van der Waals surface area contributed by atoms with Crippen molar-refractivity contribution in [2.45, 2.75) is 37.3 Å². The molecule has 0 spiro atoms. The van der Waals surface area contributed by atoms with E-state index in [1.165, 1.54) is 36.1 Å². The maximum atomic E-state index is 13.9. The molecule has 0 aromatic carbocycles. The van der Waals surface area contributed by atoms with Crippen LogP contribution in [0.3, 0.4) is 0 Å². The molecule has 3 aliphatic rings. The number of hydrogen-bond donors (Lipinski definition) is 1. The molecule has 5 heterocycles. The molecule has 13 heteroatoms. The first-order valence-electron chi connectivity index (χ1n) is 10.8. The summed E-state index contributed by atoms with van der Waals surface area (Å²) in [5.74, 6) is -0.361. The first-order chi connectivity index (χ1) is 16.2. The molecule has 2 aromatic rings. The van der Waals surface area contributed by atoms with Gasteiger partial charge in [0.1, 0.15) is 11.9 Å². The van der Waals surface area contributed by atoms with Gasteiger partial charge in [0, 0.05) is 43.5 Å². The second-order valence-corrected chi connectivity index (χ2v) is 8.47. The average Bonchev–Trinajstić information content (AvgIpc) is 3.48. The summed E-state index contributed by atoms with van der Waals surface area (Å²) in [7, 11) is 1.41. The minimum Gasteiger partial charge on any atom is -0.481 e. The zero-order valence-corrected chi connectivity index (χ0v) is 18.3. The summed E-state index contributed by atoms with van der Waals surface area (Å²) >= 11 is 0. The maximum absolute atomic E-state index is 13.9. The fourth-order valence-electron chi connectivity index (χ4n) is 4.39. The normalized spacial score (nSPS) is 25.5. The first kappa shape index (κ1) is 22.6. The molecule has 2 unspecified atom stereocenters. The third kappa shape index (κ3) is 4.32. The number of anilines is 2. The van der Waals surface area contributed by atoms with Crippen LogP contribution in [-0.4, -0.2) is 83.1 Å². The van der Waals surface area contributed by atoms with Crippen LogP contribution < -0.4 is 20.5 Å². The van der Waals surface area contributed by atoms with Gasteiger partial charge in [-0.15, -0.1) is 0 Å².